The predicted octanol–water partition coefficient (Wildman–Crippen LogP) is 1.10. The Labute approximate surface area is 87.8 Å². The summed E-state index contributed by atoms with van der Waals surface area (Å²) < 4.78 is 5.67. The number of ether oxygens (including phenoxy) is 1. The summed E-state index contributed by atoms with van der Waals surface area (Å²) in [6.45, 7) is 8.47. The molecule has 84 valence electrons. The predicted molar refractivity (Wildman–Crippen MR) is 59.6 cm³/mol. The SMILES string of the molecule is CCC[C@@H](C)NC[C@@H]1CN(C)CCO1. The van der Waals surface area contributed by atoms with E-state index in [0.29, 0.717) is 12.1 Å². The van der Waals surface area contributed by atoms with Gasteiger partial charge in [-0.1, -0.05) is 13.3 Å². The zero-order valence-corrected chi connectivity index (χ0v) is 9.75. The average molecular weight is 200 g/mol. The molecule has 1 heterocycles. The van der Waals surface area contributed by atoms with Crippen molar-refractivity contribution in [1.29, 1.82) is 0 Å². The molecular formula is C11H24N2O. The lowest BCUT2D eigenvalue weighted by molar-refractivity contribution is -0.0191. The van der Waals surface area contributed by atoms with Crippen LogP contribution in [0.25, 0.3) is 0 Å². The van der Waals surface area contributed by atoms with Crippen molar-refractivity contribution < 1.29 is 4.74 Å². The Morgan fingerprint density at radius 2 is 2.36 bits per heavy atom. The summed E-state index contributed by atoms with van der Waals surface area (Å²) in [7, 11) is 2.16. The van der Waals surface area contributed by atoms with Crippen LogP contribution in [0.15, 0.2) is 0 Å². The van der Waals surface area contributed by atoms with E-state index in [1.54, 1.807) is 0 Å². The van der Waals surface area contributed by atoms with E-state index in [2.05, 4.69) is 31.1 Å². The second kappa shape index (κ2) is 6.38. The van der Waals surface area contributed by atoms with Gasteiger partial charge in [-0.05, 0) is 20.4 Å². The molecule has 2 atom stereocenters. The lowest BCUT2D eigenvalue weighted by Gasteiger charge is -2.31. The first-order chi connectivity index (χ1) is 6.72. The van der Waals surface area contributed by atoms with Crippen molar-refractivity contribution in [3.8, 4) is 0 Å². The Morgan fingerprint density at radius 1 is 1.57 bits per heavy atom. The van der Waals surface area contributed by atoms with Gasteiger partial charge in [0.2, 0.25) is 0 Å². The Bertz CT molecular complexity index is 152. The monoisotopic (exact) mass is 200 g/mol. The van der Waals surface area contributed by atoms with Crippen LogP contribution in [0.4, 0.5) is 0 Å². The highest BCUT2D eigenvalue weighted by Crippen LogP contribution is 2.03. The summed E-state index contributed by atoms with van der Waals surface area (Å²) in [6.07, 6.45) is 2.88. The molecule has 1 saturated heterocycles. The molecule has 0 spiro atoms. The van der Waals surface area contributed by atoms with Crippen LogP contribution in [0, 0.1) is 0 Å². The molecule has 1 N–H and O–H groups in total. The topological polar surface area (TPSA) is 24.5 Å². The molecule has 3 nitrogen and oxygen atoms in total. The lowest BCUT2D eigenvalue weighted by atomic mass is 10.2. The van der Waals surface area contributed by atoms with Gasteiger partial charge in [0.05, 0.1) is 12.7 Å². The van der Waals surface area contributed by atoms with Gasteiger partial charge in [0.25, 0.3) is 0 Å². The molecule has 1 aliphatic heterocycles. The largest absolute Gasteiger partial charge is 0.374 e. The normalized spacial score (nSPS) is 26.4. The van der Waals surface area contributed by atoms with Gasteiger partial charge in [-0.15, -0.1) is 0 Å². The first-order valence-corrected chi connectivity index (χ1v) is 5.76. The lowest BCUT2D eigenvalue weighted by Crippen LogP contribution is -2.46. The summed E-state index contributed by atoms with van der Waals surface area (Å²) in [5.41, 5.74) is 0. The third kappa shape index (κ3) is 4.40. The molecule has 14 heavy (non-hydrogen) atoms. The van der Waals surface area contributed by atoms with Gasteiger partial charge in [-0.25, -0.2) is 0 Å². The van der Waals surface area contributed by atoms with E-state index in [0.717, 1.165) is 26.2 Å². The minimum atomic E-state index is 0.382. The highest BCUT2D eigenvalue weighted by molar-refractivity contribution is 4.72. The van der Waals surface area contributed by atoms with Crippen LogP contribution in [0.1, 0.15) is 26.7 Å². The first-order valence-electron chi connectivity index (χ1n) is 5.76. The first kappa shape index (κ1) is 12.0. The molecule has 3 heteroatoms. The van der Waals surface area contributed by atoms with E-state index in [9.17, 15) is 0 Å². The number of morpholine rings is 1. The molecule has 0 aromatic carbocycles. The zero-order valence-electron chi connectivity index (χ0n) is 9.75. The number of nitrogens with one attached hydrogen (secondary N) is 1. The van der Waals surface area contributed by atoms with Crippen molar-refractivity contribution in [2.75, 3.05) is 33.3 Å². The molecule has 0 radical (unpaired) electrons. The van der Waals surface area contributed by atoms with E-state index in [4.69, 9.17) is 4.74 Å². The van der Waals surface area contributed by atoms with Crippen molar-refractivity contribution in [2.24, 2.45) is 0 Å². The molecule has 0 aromatic heterocycles. The van der Waals surface area contributed by atoms with Gasteiger partial charge < -0.3 is 15.0 Å². The third-order valence-electron chi connectivity index (χ3n) is 2.76. The van der Waals surface area contributed by atoms with Gasteiger partial charge in [0.15, 0.2) is 0 Å². The molecule has 0 aromatic rings. The highest BCUT2D eigenvalue weighted by atomic mass is 16.5. The molecule has 1 fully saturated rings. The minimum absolute atomic E-state index is 0.382. The van der Waals surface area contributed by atoms with Crippen LogP contribution in [0.2, 0.25) is 0 Å². The molecule has 1 aliphatic rings. The van der Waals surface area contributed by atoms with Gasteiger partial charge in [-0.2, -0.15) is 0 Å². The summed E-state index contributed by atoms with van der Waals surface area (Å²) >= 11 is 0. The fourth-order valence-electron chi connectivity index (χ4n) is 1.86. The van der Waals surface area contributed by atoms with Crippen molar-refractivity contribution in [3.05, 3.63) is 0 Å². The van der Waals surface area contributed by atoms with E-state index >= 15 is 0 Å². The molecular weight excluding hydrogens is 176 g/mol. The van der Waals surface area contributed by atoms with Crippen LogP contribution in [-0.4, -0.2) is 50.3 Å². The molecule has 0 amide bonds. The number of rotatable bonds is 5. The molecule has 0 saturated carbocycles. The fourth-order valence-corrected chi connectivity index (χ4v) is 1.86. The standard InChI is InChI=1S/C11H24N2O/c1-4-5-10(2)12-8-11-9-13(3)6-7-14-11/h10-12H,4-9H2,1-3H3/t10-,11-/m1/s1. The molecule has 1 rings (SSSR count). The van der Waals surface area contributed by atoms with Crippen LogP contribution in [0.5, 0.6) is 0 Å². The average Bonchev–Trinajstić information content (AvgIpc) is 2.15. The summed E-state index contributed by atoms with van der Waals surface area (Å²) in [5.74, 6) is 0. The Morgan fingerprint density at radius 3 is 3.00 bits per heavy atom. The summed E-state index contributed by atoms with van der Waals surface area (Å²) in [6, 6.07) is 0.621. The quantitative estimate of drug-likeness (QED) is 0.719. The minimum Gasteiger partial charge on any atom is -0.374 e. The van der Waals surface area contributed by atoms with Crippen LogP contribution in [-0.2, 0) is 4.74 Å². The van der Waals surface area contributed by atoms with Gasteiger partial charge in [-0.3, -0.25) is 0 Å². The number of hydrogen-bond donors (Lipinski definition) is 1. The van der Waals surface area contributed by atoms with Crippen molar-refractivity contribution >= 4 is 0 Å². The fraction of sp³-hybridized carbons (Fsp3) is 1.00. The van der Waals surface area contributed by atoms with E-state index in [1.165, 1.54) is 12.8 Å². The Hall–Kier alpha value is -0.120. The summed E-state index contributed by atoms with van der Waals surface area (Å²) in [5, 5.41) is 3.52. The highest BCUT2D eigenvalue weighted by Gasteiger charge is 2.17. The van der Waals surface area contributed by atoms with Crippen molar-refractivity contribution in [2.45, 2.75) is 38.8 Å². The number of likely N-dealkylation sites (N-methyl/N-ethyl adjacent to an activating group) is 1. The maximum absolute atomic E-state index is 5.67. The van der Waals surface area contributed by atoms with Gasteiger partial charge >= 0.3 is 0 Å². The maximum Gasteiger partial charge on any atom is 0.0826 e. The smallest absolute Gasteiger partial charge is 0.0826 e. The molecule has 0 aliphatic carbocycles. The second-order valence-corrected chi connectivity index (χ2v) is 4.35. The second-order valence-electron chi connectivity index (χ2n) is 4.35. The molecule has 0 bridgehead atoms. The van der Waals surface area contributed by atoms with Crippen LogP contribution < -0.4 is 5.32 Å². The van der Waals surface area contributed by atoms with Crippen LogP contribution >= 0.6 is 0 Å². The maximum atomic E-state index is 5.67. The van der Waals surface area contributed by atoms with E-state index in [1.807, 2.05) is 0 Å². The van der Waals surface area contributed by atoms with Crippen molar-refractivity contribution in [1.82, 2.24) is 10.2 Å². The number of hydrogen-bond acceptors (Lipinski definition) is 3. The van der Waals surface area contributed by atoms with E-state index < -0.39 is 0 Å². The van der Waals surface area contributed by atoms with Crippen LogP contribution in [0.3, 0.4) is 0 Å². The van der Waals surface area contributed by atoms with E-state index in [-0.39, 0.29) is 0 Å². The number of nitrogens with zero attached hydrogens (tertiary/aromatic N) is 1. The van der Waals surface area contributed by atoms with Gasteiger partial charge in [0.1, 0.15) is 0 Å². The Kier molecular flexibility index (Phi) is 5.45. The molecule has 0 unspecified atom stereocenters. The zero-order chi connectivity index (χ0) is 10.4. The van der Waals surface area contributed by atoms with Gasteiger partial charge in [0, 0.05) is 25.7 Å². The Balaban J connectivity index is 2.10. The summed E-state index contributed by atoms with van der Waals surface area (Å²) in [4.78, 5) is 2.33. The van der Waals surface area contributed by atoms with Crippen molar-refractivity contribution in [3.63, 3.8) is 0 Å². The third-order valence-corrected chi connectivity index (χ3v) is 2.76.